The summed E-state index contributed by atoms with van der Waals surface area (Å²) in [6.07, 6.45) is 0.794. The van der Waals surface area contributed by atoms with E-state index in [1.165, 1.54) is 6.92 Å². The topological polar surface area (TPSA) is 0 Å². The monoisotopic (exact) mass is 228 g/mol. The highest BCUT2D eigenvalue weighted by molar-refractivity contribution is 9.09. The van der Waals surface area contributed by atoms with E-state index in [-0.39, 0.29) is 18.8 Å². The molecular weight excluding hydrogens is 214 g/mol. The zero-order valence-corrected chi connectivity index (χ0v) is 8.63. The van der Waals surface area contributed by atoms with Crippen LogP contribution in [-0.2, 0) is 0 Å². The third-order valence-electron chi connectivity index (χ3n) is 1.90. The minimum absolute atomic E-state index is 0.0191. The molecule has 0 bridgehead atoms. The minimum Gasteiger partial charge on any atom is -0.207 e. The first-order valence-electron chi connectivity index (χ1n) is 3.99. The van der Waals surface area contributed by atoms with E-state index in [0.717, 1.165) is 6.42 Å². The maximum absolute atomic E-state index is 12.8. The molecule has 0 spiro atoms. The molecule has 3 heteroatoms. The van der Waals surface area contributed by atoms with Crippen LogP contribution in [0.25, 0.3) is 0 Å². The Morgan fingerprint density at radius 3 is 2.18 bits per heavy atom. The number of hydrogen-bond donors (Lipinski definition) is 0. The van der Waals surface area contributed by atoms with Crippen LogP contribution >= 0.6 is 15.9 Å². The lowest BCUT2D eigenvalue weighted by molar-refractivity contribution is -0.0241. The van der Waals surface area contributed by atoms with Gasteiger partial charge in [0.05, 0.1) is 0 Å². The first kappa shape index (κ1) is 11.3. The van der Waals surface area contributed by atoms with E-state index in [0.29, 0.717) is 5.33 Å². The SMILES string of the molecule is CCC(CBr)CC(F)(F)CC. The lowest BCUT2D eigenvalue weighted by Gasteiger charge is -2.19. The van der Waals surface area contributed by atoms with E-state index in [1.807, 2.05) is 6.92 Å². The fraction of sp³-hybridized carbons (Fsp3) is 1.00. The summed E-state index contributed by atoms with van der Waals surface area (Å²) in [6, 6.07) is 0. The van der Waals surface area contributed by atoms with Crippen LogP contribution in [0.3, 0.4) is 0 Å². The van der Waals surface area contributed by atoms with Crippen molar-refractivity contribution in [3.05, 3.63) is 0 Å². The van der Waals surface area contributed by atoms with Gasteiger partial charge in [-0.05, 0) is 5.92 Å². The first-order chi connectivity index (χ1) is 5.05. The molecule has 11 heavy (non-hydrogen) atoms. The standard InChI is InChI=1S/C8H15BrF2/c1-3-7(6-9)5-8(10,11)4-2/h7H,3-6H2,1-2H3. The molecule has 1 atom stereocenters. The average molecular weight is 229 g/mol. The van der Waals surface area contributed by atoms with Gasteiger partial charge >= 0.3 is 0 Å². The van der Waals surface area contributed by atoms with Crippen molar-refractivity contribution in [2.24, 2.45) is 5.92 Å². The third-order valence-corrected chi connectivity index (χ3v) is 2.82. The fourth-order valence-electron chi connectivity index (χ4n) is 0.875. The van der Waals surface area contributed by atoms with Gasteiger partial charge < -0.3 is 0 Å². The van der Waals surface area contributed by atoms with E-state index in [9.17, 15) is 8.78 Å². The van der Waals surface area contributed by atoms with E-state index in [4.69, 9.17) is 0 Å². The summed E-state index contributed by atoms with van der Waals surface area (Å²) in [4.78, 5) is 0. The molecule has 0 aliphatic rings. The number of alkyl halides is 3. The van der Waals surface area contributed by atoms with Gasteiger partial charge in [-0.25, -0.2) is 8.78 Å². The average Bonchev–Trinajstić information content (AvgIpc) is 2.00. The van der Waals surface area contributed by atoms with Gasteiger partial charge in [0.15, 0.2) is 0 Å². The Morgan fingerprint density at radius 2 is 1.91 bits per heavy atom. The molecule has 68 valence electrons. The van der Waals surface area contributed by atoms with Gasteiger partial charge in [0, 0.05) is 18.2 Å². The van der Waals surface area contributed by atoms with Gasteiger partial charge in [-0.1, -0.05) is 36.2 Å². The summed E-state index contributed by atoms with van der Waals surface area (Å²) in [7, 11) is 0. The molecule has 0 aliphatic carbocycles. The molecule has 0 aromatic heterocycles. The highest BCUT2D eigenvalue weighted by Gasteiger charge is 2.28. The van der Waals surface area contributed by atoms with Crippen molar-refractivity contribution in [2.75, 3.05) is 5.33 Å². The predicted molar refractivity (Wildman–Crippen MR) is 47.4 cm³/mol. The Bertz CT molecular complexity index is 100. The maximum atomic E-state index is 12.8. The van der Waals surface area contributed by atoms with Crippen molar-refractivity contribution in [2.45, 2.75) is 39.0 Å². The van der Waals surface area contributed by atoms with Gasteiger partial charge in [-0.3, -0.25) is 0 Å². The van der Waals surface area contributed by atoms with Crippen molar-refractivity contribution in [3.63, 3.8) is 0 Å². The Kier molecular flexibility index (Phi) is 5.23. The number of halogens is 3. The van der Waals surface area contributed by atoms with E-state index >= 15 is 0 Å². The Morgan fingerprint density at radius 1 is 1.36 bits per heavy atom. The van der Waals surface area contributed by atoms with Crippen molar-refractivity contribution in [1.82, 2.24) is 0 Å². The highest BCUT2D eigenvalue weighted by atomic mass is 79.9. The molecule has 1 unspecified atom stereocenters. The molecule has 0 N–H and O–H groups in total. The Hall–Kier alpha value is 0.340. The summed E-state index contributed by atoms with van der Waals surface area (Å²) in [5.41, 5.74) is 0. The Labute approximate surface area is 75.5 Å². The van der Waals surface area contributed by atoms with Crippen LogP contribution in [0, 0.1) is 5.92 Å². The van der Waals surface area contributed by atoms with Crippen LogP contribution in [0.2, 0.25) is 0 Å². The third kappa shape index (κ3) is 4.72. The van der Waals surface area contributed by atoms with Crippen molar-refractivity contribution >= 4 is 15.9 Å². The van der Waals surface area contributed by atoms with Crippen LogP contribution in [0.1, 0.15) is 33.1 Å². The molecule has 0 saturated heterocycles. The number of hydrogen-bond acceptors (Lipinski definition) is 0. The lowest BCUT2D eigenvalue weighted by Crippen LogP contribution is -2.20. The van der Waals surface area contributed by atoms with Gasteiger partial charge in [-0.2, -0.15) is 0 Å². The summed E-state index contributed by atoms with van der Waals surface area (Å²) >= 11 is 3.22. The second-order valence-electron chi connectivity index (χ2n) is 2.84. The molecule has 0 radical (unpaired) electrons. The van der Waals surface area contributed by atoms with E-state index in [1.54, 1.807) is 0 Å². The largest absolute Gasteiger partial charge is 0.248 e. The van der Waals surface area contributed by atoms with Crippen molar-refractivity contribution in [1.29, 1.82) is 0 Å². The fourth-order valence-corrected chi connectivity index (χ4v) is 1.56. The lowest BCUT2D eigenvalue weighted by atomic mass is 9.99. The van der Waals surface area contributed by atoms with Crippen LogP contribution in [-0.4, -0.2) is 11.3 Å². The van der Waals surface area contributed by atoms with Gasteiger partial charge in [0.1, 0.15) is 0 Å². The molecule has 0 rings (SSSR count). The normalized spacial score (nSPS) is 15.0. The highest BCUT2D eigenvalue weighted by Crippen LogP contribution is 2.28. The zero-order valence-electron chi connectivity index (χ0n) is 7.04. The smallest absolute Gasteiger partial charge is 0.207 e. The summed E-state index contributed by atoms with van der Waals surface area (Å²) in [5.74, 6) is -2.35. The Balaban J connectivity index is 3.79. The number of rotatable bonds is 5. The van der Waals surface area contributed by atoms with E-state index < -0.39 is 5.92 Å². The predicted octanol–water partition coefficient (Wildman–Crippen LogP) is 3.84. The first-order valence-corrected chi connectivity index (χ1v) is 5.11. The van der Waals surface area contributed by atoms with Gasteiger partial charge in [0.2, 0.25) is 5.92 Å². The molecule has 0 fully saturated rings. The van der Waals surface area contributed by atoms with Crippen LogP contribution in [0.5, 0.6) is 0 Å². The van der Waals surface area contributed by atoms with Crippen LogP contribution < -0.4 is 0 Å². The van der Waals surface area contributed by atoms with E-state index in [2.05, 4.69) is 15.9 Å². The molecule has 0 nitrogen and oxygen atoms in total. The quantitative estimate of drug-likeness (QED) is 0.628. The molecule has 0 aromatic carbocycles. The second-order valence-corrected chi connectivity index (χ2v) is 3.49. The molecule has 0 saturated carbocycles. The van der Waals surface area contributed by atoms with Crippen LogP contribution in [0.15, 0.2) is 0 Å². The molecule has 0 heterocycles. The summed E-state index contributed by atoms with van der Waals surface area (Å²) < 4.78 is 25.5. The second kappa shape index (κ2) is 5.07. The molecular formula is C8H15BrF2. The van der Waals surface area contributed by atoms with Gasteiger partial charge in [-0.15, -0.1) is 0 Å². The van der Waals surface area contributed by atoms with Gasteiger partial charge in [0.25, 0.3) is 0 Å². The van der Waals surface area contributed by atoms with Crippen molar-refractivity contribution in [3.8, 4) is 0 Å². The van der Waals surface area contributed by atoms with Crippen molar-refractivity contribution < 1.29 is 8.78 Å². The summed E-state index contributed by atoms with van der Waals surface area (Å²) in [5, 5.41) is 0.680. The minimum atomic E-state index is -2.46. The van der Waals surface area contributed by atoms with Crippen LogP contribution in [0.4, 0.5) is 8.78 Å². The summed E-state index contributed by atoms with van der Waals surface area (Å²) in [6.45, 7) is 3.47. The molecule has 0 aliphatic heterocycles. The maximum Gasteiger partial charge on any atom is 0.248 e. The molecule has 0 amide bonds. The molecule has 0 aromatic rings. The zero-order chi connectivity index (χ0) is 8.91.